The molecule has 8 heteroatoms. The third kappa shape index (κ3) is 2.91. The molecular weight excluding hydrogens is 392 g/mol. The molecule has 0 aliphatic carbocycles. The van der Waals surface area contributed by atoms with Crippen molar-refractivity contribution in [3.8, 4) is 11.5 Å². The van der Waals surface area contributed by atoms with Crippen LogP contribution in [0.15, 0.2) is 48.7 Å². The number of likely N-dealkylation sites (N-methyl/N-ethyl adjacent to an activating group) is 1. The van der Waals surface area contributed by atoms with Crippen molar-refractivity contribution >= 4 is 34.2 Å². The quantitative estimate of drug-likeness (QED) is 0.471. The number of anilines is 2. The Morgan fingerprint density at radius 2 is 1.97 bits per heavy atom. The van der Waals surface area contributed by atoms with Crippen LogP contribution in [0, 0.1) is 0 Å². The third-order valence-electron chi connectivity index (χ3n) is 5.82. The zero-order chi connectivity index (χ0) is 21.8. The summed E-state index contributed by atoms with van der Waals surface area (Å²) in [5.74, 6) is 0.432. The number of hydrogen-bond donors (Lipinski definition) is 3. The van der Waals surface area contributed by atoms with Gasteiger partial charge in [-0.1, -0.05) is 18.2 Å². The Kier molecular flexibility index (Phi) is 4.18. The van der Waals surface area contributed by atoms with Gasteiger partial charge < -0.3 is 15.2 Å². The molecule has 1 aliphatic heterocycles. The molecule has 0 radical (unpaired) electrons. The Balaban J connectivity index is 1.53. The number of aromatic nitrogens is 4. The monoisotopic (exact) mass is 414 g/mol. The van der Waals surface area contributed by atoms with Crippen LogP contribution in [0.3, 0.4) is 0 Å². The number of rotatable bonds is 4. The molecule has 0 saturated carbocycles. The van der Waals surface area contributed by atoms with Gasteiger partial charge >= 0.3 is 0 Å². The van der Waals surface area contributed by atoms with Gasteiger partial charge in [0.2, 0.25) is 5.91 Å². The highest BCUT2D eigenvalue weighted by molar-refractivity contribution is 6.09. The second-order valence-corrected chi connectivity index (χ2v) is 8.13. The van der Waals surface area contributed by atoms with E-state index in [0.29, 0.717) is 29.3 Å². The van der Waals surface area contributed by atoms with Crippen LogP contribution in [0.5, 0.6) is 0 Å². The molecule has 156 valence electrons. The van der Waals surface area contributed by atoms with Crippen molar-refractivity contribution in [2.75, 3.05) is 16.8 Å². The summed E-state index contributed by atoms with van der Waals surface area (Å²) in [4.78, 5) is 35.1. The van der Waals surface area contributed by atoms with E-state index in [9.17, 15) is 9.59 Å². The molecule has 0 spiro atoms. The van der Waals surface area contributed by atoms with Crippen LogP contribution in [0.2, 0.25) is 0 Å². The summed E-state index contributed by atoms with van der Waals surface area (Å²) in [5.41, 5.74) is 4.52. The highest BCUT2D eigenvalue weighted by Gasteiger charge is 2.43. The molecule has 2 amide bonds. The smallest absolute Gasteiger partial charge is 0.255 e. The zero-order valence-electron chi connectivity index (χ0n) is 17.5. The fraction of sp³-hybridized carbons (Fsp3) is 0.217. The van der Waals surface area contributed by atoms with Gasteiger partial charge in [-0.25, -0.2) is 4.98 Å². The van der Waals surface area contributed by atoms with Crippen molar-refractivity contribution < 1.29 is 9.59 Å². The SMILES string of the molecule is CCN1C(=O)C(C)(C)c2cc3[nH]c(-c4[nH]ncc4NC(=O)c4ccccc4)nc3cc21. The molecule has 3 heterocycles. The van der Waals surface area contributed by atoms with Crippen molar-refractivity contribution in [3.05, 3.63) is 59.8 Å². The Bertz CT molecular complexity index is 1320. The van der Waals surface area contributed by atoms with Crippen LogP contribution in [-0.2, 0) is 10.2 Å². The number of fused-ring (bicyclic) bond motifs is 2. The average Bonchev–Trinajstić information content (AvgIpc) is 3.43. The molecule has 5 rings (SSSR count). The van der Waals surface area contributed by atoms with E-state index in [1.54, 1.807) is 23.2 Å². The molecule has 2 aromatic heterocycles. The summed E-state index contributed by atoms with van der Waals surface area (Å²) in [5, 5.41) is 9.89. The van der Waals surface area contributed by atoms with Crippen molar-refractivity contribution in [1.29, 1.82) is 0 Å². The highest BCUT2D eigenvalue weighted by atomic mass is 16.2. The average molecular weight is 414 g/mol. The lowest BCUT2D eigenvalue weighted by Crippen LogP contribution is -2.35. The van der Waals surface area contributed by atoms with Crippen LogP contribution in [0.1, 0.15) is 36.7 Å². The van der Waals surface area contributed by atoms with E-state index in [2.05, 4.69) is 20.5 Å². The summed E-state index contributed by atoms with van der Waals surface area (Å²) in [7, 11) is 0. The Hall–Kier alpha value is -3.94. The normalized spacial score (nSPS) is 14.8. The van der Waals surface area contributed by atoms with Crippen LogP contribution in [-0.4, -0.2) is 38.5 Å². The lowest BCUT2D eigenvalue weighted by atomic mass is 9.86. The molecule has 0 atom stereocenters. The fourth-order valence-corrected chi connectivity index (χ4v) is 4.11. The first-order valence-electron chi connectivity index (χ1n) is 10.2. The van der Waals surface area contributed by atoms with Gasteiger partial charge in [0.15, 0.2) is 5.82 Å². The van der Waals surface area contributed by atoms with E-state index in [1.165, 1.54) is 0 Å². The number of nitrogens with one attached hydrogen (secondary N) is 3. The summed E-state index contributed by atoms with van der Waals surface area (Å²) in [6.45, 7) is 6.46. The summed E-state index contributed by atoms with van der Waals surface area (Å²) < 4.78 is 0. The van der Waals surface area contributed by atoms with Gasteiger partial charge in [0, 0.05) is 12.1 Å². The van der Waals surface area contributed by atoms with Gasteiger partial charge in [-0.05, 0) is 50.6 Å². The van der Waals surface area contributed by atoms with Gasteiger partial charge in [0.05, 0.1) is 34.0 Å². The first-order chi connectivity index (χ1) is 14.9. The minimum absolute atomic E-state index is 0.0948. The topological polar surface area (TPSA) is 107 Å². The van der Waals surface area contributed by atoms with Crippen LogP contribution >= 0.6 is 0 Å². The van der Waals surface area contributed by atoms with E-state index in [4.69, 9.17) is 4.98 Å². The number of H-pyrrole nitrogens is 2. The lowest BCUT2D eigenvalue weighted by Gasteiger charge is -2.18. The number of imidazole rings is 1. The third-order valence-corrected chi connectivity index (χ3v) is 5.82. The maximum atomic E-state index is 12.8. The summed E-state index contributed by atoms with van der Waals surface area (Å²) in [6.07, 6.45) is 1.56. The summed E-state index contributed by atoms with van der Waals surface area (Å²) in [6, 6.07) is 12.9. The predicted octanol–water partition coefficient (Wildman–Crippen LogP) is 3.85. The molecule has 4 aromatic rings. The minimum atomic E-state index is -0.590. The number of carbonyl (C=O) groups excluding carboxylic acids is 2. The number of amides is 2. The molecule has 0 saturated heterocycles. The lowest BCUT2D eigenvalue weighted by molar-refractivity contribution is -0.122. The number of carbonyl (C=O) groups is 2. The second-order valence-electron chi connectivity index (χ2n) is 8.13. The van der Waals surface area contributed by atoms with Gasteiger partial charge in [0.1, 0.15) is 5.69 Å². The van der Waals surface area contributed by atoms with Crippen molar-refractivity contribution in [1.82, 2.24) is 20.2 Å². The number of nitrogens with zero attached hydrogens (tertiary/aromatic N) is 3. The van der Waals surface area contributed by atoms with Crippen molar-refractivity contribution in [3.63, 3.8) is 0 Å². The number of aromatic amines is 2. The van der Waals surface area contributed by atoms with Crippen LogP contribution in [0.4, 0.5) is 11.4 Å². The maximum Gasteiger partial charge on any atom is 0.255 e. The standard InChI is InChI=1S/C23H22N6O2/c1-4-29-18-11-16-15(10-14(18)23(2,3)22(29)31)25-20(26-16)19-17(12-24-28-19)27-21(30)13-8-6-5-7-9-13/h5-12H,4H2,1-3H3,(H,24,28)(H,25,26)(H,27,30). The van der Waals surface area contributed by atoms with Gasteiger partial charge in [0.25, 0.3) is 5.91 Å². The number of hydrogen-bond acceptors (Lipinski definition) is 4. The summed E-state index contributed by atoms with van der Waals surface area (Å²) >= 11 is 0. The molecule has 8 nitrogen and oxygen atoms in total. The van der Waals surface area contributed by atoms with Gasteiger partial charge in [-0.2, -0.15) is 5.10 Å². The molecular formula is C23H22N6O2. The van der Waals surface area contributed by atoms with Crippen LogP contribution < -0.4 is 10.2 Å². The fourth-order valence-electron chi connectivity index (χ4n) is 4.11. The van der Waals surface area contributed by atoms with Gasteiger partial charge in [-0.3, -0.25) is 14.7 Å². The Morgan fingerprint density at radius 3 is 2.71 bits per heavy atom. The minimum Gasteiger partial charge on any atom is -0.337 e. The zero-order valence-corrected chi connectivity index (χ0v) is 17.5. The second kappa shape index (κ2) is 6.80. The van der Waals surface area contributed by atoms with E-state index in [0.717, 1.165) is 22.3 Å². The van der Waals surface area contributed by atoms with Crippen molar-refractivity contribution in [2.45, 2.75) is 26.2 Å². The maximum absolute atomic E-state index is 12.8. The molecule has 0 bridgehead atoms. The Morgan fingerprint density at radius 1 is 1.19 bits per heavy atom. The molecule has 3 N–H and O–H groups in total. The number of benzene rings is 2. The molecule has 0 unspecified atom stereocenters. The van der Waals surface area contributed by atoms with Crippen LogP contribution in [0.25, 0.3) is 22.6 Å². The first-order valence-corrected chi connectivity index (χ1v) is 10.2. The highest BCUT2D eigenvalue weighted by Crippen LogP contribution is 2.43. The molecule has 1 aliphatic rings. The largest absolute Gasteiger partial charge is 0.337 e. The first kappa shape index (κ1) is 19.0. The van der Waals surface area contributed by atoms with E-state index in [-0.39, 0.29) is 11.8 Å². The van der Waals surface area contributed by atoms with Crippen molar-refractivity contribution in [2.24, 2.45) is 0 Å². The Labute approximate surface area is 178 Å². The molecule has 2 aromatic carbocycles. The van der Waals surface area contributed by atoms with E-state index in [1.807, 2.05) is 51.1 Å². The molecule has 0 fully saturated rings. The van der Waals surface area contributed by atoms with Gasteiger partial charge in [-0.15, -0.1) is 0 Å². The van der Waals surface area contributed by atoms with E-state index < -0.39 is 5.41 Å². The van der Waals surface area contributed by atoms with E-state index >= 15 is 0 Å². The molecule has 31 heavy (non-hydrogen) atoms. The predicted molar refractivity (Wildman–Crippen MR) is 119 cm³/mol.